The van der Waals surface area contributed by atoms with E-state index in [4.69, 9.17) is 11.6 Å². The summed E-state index contributed by atoms with van der Waals surface area (Å²) in [5, 5.41) is 6.56. The van der Waals surface area contributed by atoms with E-state index in [0.29, 0.717) is 24.0 Å². The molecule has 0 spiro atoms. The minimum absolute atomic E-state index is 0.205. The van der Waals surface area contributed by atoms with Crippen molar-refractivity contribution < 1.29 is 0 Å². The number of nitrogens with one attached hydrogen (secondary N) is 2. The van der Waals surface area contributed by atoms with Crippen molar-refractivity contribution in [1.29, 1.82) is 0 Å². The molecule has 0 aliphatic carbocycles. The van der Waals surface area contributed by atoms with Crippen LogP contribution in [0.15, 0.2) is 0 Å². The number of anilines is 2. The highest BCUT2D eigenvalue weighted by molar-refractivity contribution is 6.28. The van der Waals surface area contributed by atoms with Gasteiger partial charge < -0.3 is 10.6 Å². The van der Waals surface area contributed by atoms with Gasteiger partial charge in [0.1, 0.15) is 0 Å². The highest BCUT2D eigenvalue weighted by Gasteiger charge is 2.08. The quantitative estimate of drug-likeness (QED) is 0.820. The van der Waals surface area contributed by atoms with Gasteiger partial charge in [-0.25, -0.2) is 0 Å². The van der Waals surface area contributed by atoms with Crippen LogP contribution >= 0.6 is 11.6 Å². The van der Waals surface area contributed by atoms with Crippen molar-refractivity contribution in [2.45, 2.75) is 52.6 Å². The average Bonchev–Trinajstić information content (AvgIpc) is 2.27. The van der Waals surface area contributed by atoms with Crippen LogP contribution in [0, 0.1) is 0 Å². The molecular formula is C11H20ClN5. The van der Waals surface area contributed by atoms with E-state index in [0.717, 1.165) is 12.8 Å². The maximum atomic E-state index is 5.86. The van der Waals surface area contributed by atoms with Crippen LogP contribution in [0.4, 0.5) is 11.9 Å². The van der Waals surface area contributed by atoms with Crippen LogP contribution in [0.25, 0.3) is 0 Å². The first kappa shape index (κ1) is 14.0. The molecule has 2 unspecified atom stereocenters. The van der Waals surface area contributed by atoms with Crippen LogP contribution in [0.5, 0.6) is 0 Å². The Kier molecular flexibility index (Phi) is 5.41. The molecule has 0 fully saturated rings. The summed E-state index contributed by atoms with van der Waals surface area (Å²) in [6.07, 6.45) is 1.99. The zero-order chi connectivity index (χ0) is 12.8. The van der Waals surface area contributed by atoms with Gasteiger partial charge in [0.2, 0.25) is 17.2 Å². The Morgan fingerprint density at radius 1 is 0.941 bits per heavy atom. The second-order valence-corrected chi connectivity index (χ2v) is 4.50. The number of aromatic nitrogens is 3. The van der Waals surface area contributed by atoms with E-state index in [9.17, 15) is 0 Å². The molecule has 0 aromatic carbocycles. The van der Waals surface area contributed by atoms with Crippen LogP contribution in [0.1, 0.15) is 40.5 Å². The number of rotatable bonds is 6. The molecule has 0 saturated heterocycles. The van der Waals surface area contributed by atoms with Crippen LogP contribution in [0.2, 0.25) is 5.28 Å². The third-order valence-corrected chi connectivity index (χ3v) is 2.75. The molecule has 2 N–H and O–H groups in total. The highest BCUT2D eigenvalue weighted by Crippen LogP contribution is 2.12. The molecular weight excluding hydrogens is 238 g/mol. The van der Waals surface area contributed by atoms with Crippen molar-refractivity contribution in [1.82, 2.24) is 15.0 Å². The lowest BCUT2D eigenvalue weighted by Gasteiger charge is -2.14. The fraction of sp³-hybridized carbons (Fsp3) is 0.727. The molecule has 0 aliphatic heterocycles. The van der Waals surface area contributed by atoms with Gasteiger partial charge in [0, 0.05) is 12.1 Å². The van der Waals surface area contributed by atoms with Crippen molar-refractivity contribution in [2.75, 3.05) is 10.6 Å². The largest absolute Gasteiger partial charge is 0.352 e. The van der Waals surface area contributed by atoms with E-state index in [-0.39, 0.29) is 5.28 Å². The van der Waals surface area contributed by atoms with E-state index in [1.165, 1.54) is 0 Å². The van der Waals surface area contributed by atoms with Gasteiger partial charge in [-0.3, -0.25) is 0 Å². The molecule has 0 radical (unpaired) electrons. The summed E-state index contributed by atoms with van der Waals surface area (Å²) in [7, 11) is 0. The molecule has 6 heteroatoms. The van der Waals surface area contributed by atoms with Crippen molar-refractivity contribution in [2.24, 2.45) is 0 Å². The summed E-state index contributed by atoms with van der Waals surface area (Å²) in [6, 6.07) is 0.620. The summed E-state index contributed by atoms with van der Waals surface area (Å²) in [5.41, 5.74) is 0. The molecule has 0 aliphatic rings. The maximum Gasteiger partial charge on any atom is 0.229 e. The summed E-state index contributed by atoms with van der Waals surface area (Å²) in [5.74, 6) is 1.04. The lowest BCUT2D eigenvalue weighted by atomic mass is 10.3. The lowest BCUT2D eigenvalue weighted by molar-refractivity contribution is 0.738. The molecule has 1 aromatic heterocycles. The van der Waals surface area contributed by atoms with Gasteiger partial charge in [-0.05, 0) is 38.3 Å². The number of hydrogen-bond donors (Lipinski definition) is 2. The van der Waals surface area contributed by atoms with Crippen molar-refractivity contribution in [3.8, 4) is 0 Å². The zero-order valence-electron chi connectivity index (χ0n) is 10.8. The molecule has 1 heterocycles. The first-order chi connectivity index (χ1) is 8.05. The van der Waals surface area contributed by atoms with E-state index >= 15 is 0 Å². The van der Waals surface area contributed by atoms with Crippen molar-refractivity contribution in [3.63, 3.8) is 0 Å². The molecule has 96 valence electrons. The Bertz CT molecular complexity index is 327. The topological polar surface area (TPSA) is 62.7 Å². The Hall–Kier alpha value is -1.10. The normalized spacial score (nSPS) is 14.2. The van der Waals surface area contributed by atoms with Gasteiger partial charge in [-0.15, -0.1) is 0 Å². The molecule has 0 saturated carbocycles. The summed E-state index contributed by atoms with van der Waals surface area (Å²) in [4.78, 5) is 12.4. The minimum atomic E-state index is 0.205. The van der Waals surface area contributed by atoms with Crippen molar-refractivity contribution >= 4 is 23.5 Å². The summed E-state index contributed by atoms with van der Waals surface area (Å²) < 4.78 is 0. The van der Waals surface area contributed by atoms with Crippen LogP contribution in [0.3, 0.4) is 0 Å². The van der Waals surface area contributed by atoms with Crippen LogP contribution in [-0.2, 0) is 0 Å². The van der Waals surface area contributed by atoms with Crippen molar-refractivity contribution in [3.05, 3.63) is 5.28 Å². The fourth-order valence-electron chi connectivity index (χ4n) is 1.12. The molecule has 1 aromatic rings. The summed E-state index contributed by atoms with van der Waals surface area (Å²) in [6.45, 7) is 8.33. The third-order valence-electron chi connectivity index (χ3n) is 2.58. The SMILES string of the molecule is CCC(C)Nc1nc(Cl)nc(NC(C)CC)n1. The Balaban J connectivity index is 2.79. The minimum Gasteiger partial charge on any atom is -0.352 e. The monoisotopic (exact) mass is 257 g/mol. The van der Waals surface area contributed by atoms with E-state index in [1.807, 2.05) is 0 Å². The van der Waals surface area contributed by atoms with Gasteiger partial charge in [0.05, 0.1) is 0 Å². The smallest absolute Gasteiger partial charge is 0.229 e. The Morgan fingerprint density at radius 3 is 1.71 bits per heavy atom. The molecule has 0 bridgehead atoms. The van der Waals surface area contributed by atoms with E-state index < -0.39 is 0 Å². The van der Waals surface area contributed by atoms with Gasteiger partial charge >= 0.3 is 0 Å². The maximum absolute atomic E-state index is 5.86. The van der Waals surface area contributed by atoms with Gasteiger partial charge in [0.25, 0.3) is 0 Å². The predicted octanol–water partition coefficient (Wildman–Crippen LogP) is 2.95. The molecule has 2 atom stereocenters. The van der Waals surface area contributed by atoms with Gasteiger partial charge in [0.15, 0.2) is 0 Å². The number of halogens is 1. The standard InChI is InChI=1S/C11H20ClN5/c1-5-7(3)13-10-15-9(12)16-11(17-10)14-8(4)6-2/h7-8H,5-6H2,1-4H3,(H2,13,14,15,16,17). The fourth-order valence-corrected chi connectivity index (χ4v) is 1.28. The molecule has 0 amide bonds. The number of nitrogens with zero attached hydrogens (tertiary/aromatic N) is 3. The van der Waals surface area contributed by atoms with E-state index in [2.05, 4.69) is 53.3 Å². The average molecular weight is 258 g/mol. The van der Waals surface area contributed by atoms with Crippen LogP contribution < -0.4 is 10.6 Å². The Morgan fingerprint density at radius 2 is 1.35 bits per heavy atom. The van der Waals surface area contributed by atoms with Crippen LogP contribution in [-0.4, -0.2) is 27.0 Å². The molecule has 5 nitrogen and oxygen atoms in total. The van der Waals surface area contributed by atoms with Gasteiger partial charge in [-0.2, -0.15) is 15.0 Å². The first-order valence-electron chi connectivity index (χ1n) is 5.99. The second-order valence-electron chi connectivity index (χ2n) is 4.16. The second kappa shape index (κ2) is 6.59. The molecule has 17 heavy (non-hydrogen) atoms. The first-order valence-corrected chi connectivity index (χ1v) is 6.37. The Labute approximate surface area is 107 Å². The summed E-state index contributed by atoms with van der Waals surface area (Å²) >= 11 is 5.86. The number of hydrogen-bond acceptors (Lipinski definition) is 5. The molecule has 1 rings (SSSR count). The third kappa shape index (κ3) is 4.73. The van der Waals surface area contributed by atoms with E-state index in [1.54, 1.807) is 0 Å². The predicted molar refractivity (Wildman–Crippen MR) is 71.6 cm³/mol. The van der Waals surface area contributed by atoms with Gasteiger partial charge in [-0.1, -0.05) is 13.8 Å². The highest BCUT2D eigenvalue weighted by atomic mass is 35.5. The zero-order valence-corrected chi connectivity index (χ0v) is 11.5. The lowest BCUT2D eigenvalue weighted by Crippen LogP contribution is -2.19.